The van der Waals surface area contributed by atoms with E-state index in [2.05, 4.69) is 36.1 Å². The van der Waals surface area contributed by atoms with E-state index >= 15 is 0 Å². The molecule has 1 N–H and O–H groups in total. The number of anilines is 1. The zero-order valence-electron chi connectivity index (χ0n) is 11.7. The van der Waals surface area contributed by atoms with Gasteiger partial charge in [-0.1, -0.05) is 44.5 Å². The van der Waals surface area contributed by atoms with Gasteiger partial charge < -0.3 is 5.32 Å². The molecule has 0 aliphatic rings. The molecular weight excluding hydrogens is 258 g/mol. The van der Waals surface area contributed by atoms with Crippen molar-refractivity contribution in [2.75, 3.05) is 12.4 Å². The lowest BCUT2D eigenvalue weighted by atomic mass is 9.92. The van der Waals surface area contributed by atoms with Crippen LogP contribution in [0.25, 0.3) is 11.4 Å². The van der Waals surface area contributed by atoms with Crippen LogP contribution in [0.3, 0.4) is 0 Å². The summed E-state index contributed by atoms with van der Waals surface area (Å²) < 4.78 is 0. The molecule has 0 amide bonds. The second-order valence-electron chi connectivity index (χ2n) is 5.47. The molecule has 2 aromatic rings. The van der Waals surface area contributed by atoms with Crippen LogP contribution in [0.15, 0.2) is 30.3 Å². The highest BCUT2D eigenvalue weighted by atomic mass is 35.5. The van der Waals surface area contributed by atoms with Crippen LogP contribution in [0.5, 0.6) is 0 Å². The zero-order chi connectivity index (χ0) is 14.0. The highest BCUT2D eigenvalue weighted by molar-refractivity contribution is 6.30. The summed E-state index contributed by atoms with van der Waals surface area (Å²) in [7, 11) is 1.86. The summed E-state index contributed by atoms with van der Waals surface area (Å²) in [5.41, 5.74) is 1.90. The van der Waals surface area contributed by atoms with Crippen molar-refractivity contribution < 1.29 is 0 Å². The Morgan fingerprint density at radius 2 is 1.84 bits per heavy atom. The Bertz CT molecular complexity index is 588. The third-order valence-electron chi connectivity index (χ3n) is 2.83. The molecule has 0 aliphatic heterocycles. The van der Waals surface area contributed by atoms with Gasteiger partial charge in [-0.2, -0.15) is 0 Å². The van der Waals surface area contributed by atoms with Crippen LogP contribution < -0.4 is 5.32 Å². The maximum atomic E-state index is 6.03. The fourth-order valence-electron chi connectivity index (χ4n) is 1.72. The third kappa shape index (κ3) is 3.24. The van der Waals surface area contributed by atoms with Gasteiger partial charge in [0.25, 0.3) is 0 Å². The van der Waals surface area contributed by atoms with Crippen LogP contribution in [0.4, 0.5) is 5.82 Å². The van der Waals surface area contributed by atoms with Crippen LogP contribution in [0, 0.1) is 0 Å². The first-order valence-corrected chi connectivity index (χ1v) is 6.61. The summed E-state index contributed by atoms with van der Waals surface area (Å²) in [4.78, 5) is 9.15. The van der Waals surface area contributed by atoms with Crippen LogP contribution in [-0.2, 0) is 5.41 Å². The van der Waals surface area contributed by atoms with E-state index < -0.39 is 0 Å². The van der Waals surface area contributed by atoms with E-state index in [0.29, 0.717) is 10.8 Å². The predicted octanol–water partition coefficient (Wildman–Crippen LogP) is 4.14. The topological polar surface area (TPSA) is 37.8 Å². The standard InChI is InChI=1S/C15H18ClN3/c1-15(2,3)12-9-13(17-4)19-14(18-12)10-6-5-7-11(16)8-10/h5-9H,1-4H3,(H,17,18,19). The van der Waals surface area contributed by atoms with E-state index in [-0.39, 0.29) is 5.41 Å². The molecule has 1 heterocycles. The lowest BCUT2D eigenvalue weighted by Gasteiger charge is -2.19. The summed E-state index contributed by atoms with van der Waals surface area (Å²) >= 11 is 6.03. The third-order valence-corrected chi connectivity index (χ3v) is 3.07. The van der Waals surface area contributed by atoms with Crippen LogP contribution >= 0.6 is 11.6 Å². The Morgan fingerprint density at radius 3 is 2.42 bits per heavy atom. The van der Waals surface area contributed by atoms with Crippen molar-refractivity contribution in [3.63, 3.8) is 0 Å². The van der Waals surface area contributed by atoms with Gasteiger partial charge in [0.05, 0.1) is 5.69 Å². The minimum atomic E-state index is -0.0259. The van der Waals surface area contributed by atoms with E-state index in [4.69, 9.17) is 11.6 Å². The average Bonchev–Trinajstić information content (AvgIpc) is 2.37. The molecule has 2 rings (SSSR count). The van der Waals surface area contributed by atoms with Crippen molar-refractivity contribution in [2.24, 2.45) is 0 Å². The zero-order valence-corrected chi connectivity index (χ0v) is 12.4. The largest absolute Gasteiger partial charge is 0.373 e. The molecule has 3 nitrogen and oxygen atoms in total. The minimum absolute atomic E-state index is 0.0259. The molecule has 0 bridgehead atoms. The molecule has 100 valence electrons. The molecule has 0 unspecified atom stereocenters. The Morgan fingerprint density at radius 1 is 1.11 bits per heavy atom. The number of benzene rings is 1. The van der Waals surface area contributed by atoms with Gasteiger partial charge in [-0.05, 0) is 12.1 Å². The maximum Gasteiger partial charge on any atom is 0.161 e. The van der Waals surface area contributed by atoms with Gasteiger partial charge in [0.1, 0.15) is 5.82 Å². The number of nitrogens with one attached hydrogen (secondary N) is 1. The molecule has 0 atom stereocenters. The van der Waals surface area contributed by atoms with Crippen molar-refractivity contribution >= 4 is 17.4 Å². The molecule has 19 heavy (non-hydrogen) atoms. The van der Waals surface area contributed by atoms with Crippen molar-refractivity contribution in [1.29, 1.82) is 0 Å². The number of hydrogen-bond donors (Lipinski definition) is 1. The molecular formula is C15H18ClN3. The van der Waals surface area contributed by atoms with Crippen molar-refractivity contribution in [3.8, 4) is 11.4 Å². The second-order valence-corrected chi connectivity index (χ2v) is 5.91. The van der Waals surface area contributed by atoms with Gasteiger partial charge in [0.15, 0.2) is 5.82 Å². The molecule has 0 fully saturated rings. The summed E-state index contributed by atoms with van der Waals surface area (Å²) in [5.74, 6) is 1.51. The summed E-state index contributed by atoms with van der Waals surface area (Å²) in [5, 5.41) is 3.77. The summed E-state index contributed by atoms with van der Waals surface area (Å²) in [6.07, 6.45) is 0. The van der Waals surface area contributed by atoms with E-state index in [0.717, 1.165) is 17.1 Å². The molecule has 1 aromatic heterocycles. The Balaban J connectivity index is 2.57. The van der Waals surface area contributed by atoms with Gasteiger partial charge in [-0.3, -0.25) is 0 Å². The van der Waals surface area contributed by atoms with Crippen molar-refractivity contribution in [2.45, 2.75) is 26.2 Å². The van der Waals surface area contributed by atoms with E-state index in [1.807, 2.05) is 37.4 Å². The normalized spacial score (nSPS) is 11.4. The van der Waals surface area contributed by atoms with E-state index in [1.165, 1.54) is 0 Å². The number of nitrogens with zero attached hydrogens (tertiary/aromatic N) is 2. The highest BCUT2D eigenvalue weighted by Gasteiger charge is 2.18. The van der Waals surface area contributed by atoms with Gasteiger partial charge >= 0.3 is 0 Å². The molecule has 0 spiro atoms. The smallest absolute Gasteiger partial charge is 0.161 e. The molecule has 0 saturated heterocycles. The first-order valence-electron chi connectivity index (χ1n) is 6.23. The number of halogens is 1. The van der Waals surface area contributed by atoms with Gasteiger partial charge in [0, 0.05) is 29.1 Å². The van der Waals surface area contributed by atoms with Crippen LogP contribution in [-0.4, -0.2) is 17.0 Å². The van der Waals surface area contributed by atoms with Gasteiger partial charge in [0.2, 0.25) is 0 Å². The first kappa shape index (κ1) is 13.8. The fourth-order valence-corrected chi connectivity index (χ4v) is 1.91. The summed E-state index contributed by atoms with van der Waals surface area (Å²) in [6.45, 7) is 6.41. The van der Waals surface area contributed by atoms with E-state index in [9.17, 15) is 0 Å². The maximum absolute atomic E-state index is 6.03. The number of rotatable bonds is 2. The van der Waals surface area contributed by atoms with Crippen LogP contribution in [0.2, 0.25) is 5.02 Å². The van der Waals surface area contributed by atoms with Crippen molar-refractivity contribution in [1.82, 2.24) is 9.97 Å². The highest BCUT2D eigenvalue weighted by Crippen LogP contribution is 2.26. The molecule has 1 aromatic carbocycles. The lowest BCUT2D eigenvalue weighted by molar-refractivity contribution is 0.568. The van der Waals surface area contributed by atoms with Gasteiger partial charge in [-0.25, -0.2) is 9.97 Å². The quantitative estimate of drug-likeness (QED) is 0.895. The summed E-state index contributed by atoms with van der Waals surface area (Å²) in [6, 6.07) is 9.57. The van der Waals surface area contributed by atoms with E-state index in [1.54, 1.807) is 0 Å². The Hall–Kier alpha value is -1.61. The Kier molecular flexibility index (Phi) is 3.76. The first-order chi connectivity index (χ1) is 8.90. The number of aromatic nitrogens is 2. The SMILES string of the molecule is CNc1cc(C(C)(C)C)nc(-c2cccc(Cl)c2)n1. The van der Waals surface area contributed by atoms with Crippen LogP contribution in [0.1, 0.15) is 26.5 Å². The molecule has 0 aliphatic carbocycles. The molecule has 0 saturated carbocycles. The monoisotopic (exact) mass is 275 g/mol. The second kappa shape index (κ2) is 5.17. The molecule has 4 heteroatoms. The minimum Gasteiger partial charge on any atom is -0.373 e. The fraction of sp³-hybridized carbons (Fsp3) is 0.333. The lowest BCUT2D eigenvalue weighted by Crippen LogP contribution is -2.15. The number of hydrogen-bond acceptors (Lipinski definition) is 3. The molecule has 0 radical (unpaired) electrons. The Labute approximate surface area is 119 Å². The predicted molar refractivity (Wildman–Crippen MR) is 80.7 cm³/mol. The van der Waals surface area contributed by atoms with Gasteiger partial charge in [-0.15, -0.1) is 0 Å². The van der Waals surface area contributed by atoms with Crippen molar-refractivity contribution in [3.05, 3.63) is 41.0 Å². The average molecular weight is 276 g/mol.